The molecule has 2 aromatic carbocycles. The molecule has 2 aromatic heterocycles. The third-order valence-corrected chi connectivity index (χ3v) is 15.2. The number of amides is 4. The summed E-state index contributed by atoms with van der Waals surface area (Å²) in [7, 11) is 2.56. The van der Waals surface area contributed by atoms with Crippen molar-refractivity contribution in [2.45, 2.75) is 110 Å². The number of aromatic nitrogens is 1. The Kier molecular flexibility index (Phi) is 13.3. The molecule has 4 amide bonds. The molecule has 1 unspecified atom stereocenters. The lowest BCUT2D eigenvalue weighted by Crippen LogP contribution is -2.53. The molecule has 4 aromatic rings. The number of carbonyl (C=O) groups is 4. The van der Waals surface area contributed by atoms with E-state index in [0.29, 0.717) is 53.6 Å². The van der Waals surface area contributed by atoms with E-state index >= 15 is 4.39 Å². The first-order valence-corrected chi connectivity index (χ1v) is 24.6. The number of nitrogens with zero attached hydrogens (tertiary/aromatic N) is 5. The van der Waals surface area contributed by atoms with Crippen LogP contribution < -0.4 is 15.4 Å². The van der Waals surface area contributed by atoms with E-state index in [4.69, 9.17) is 35.8 Å². The molecule has 2 saturated heterocycles. The van der Waals surface area contributed by atoms with Gasteiger partial charge in [0, 0.05) is 55.1 Å². The number of methoxy groups -OCH3 is 2. The summed E-state index contributed by atoms with van der Waals surface area (Å²) < 4.78 is 36.3. The zero-order valence-corrected chi connectivity index (χ0v) is 40.9. The largest absolute Gasteiger partial charge is 0.464 e. The third-order valence-electron chi connectivity index (χ3n) is 13.9. The third kappa shape index (κ3) is 8.58. The number of thiophene rings is 1. The van der Waals surface area contributed by atoms with E-state index in [0.717, 1.165) is 80.9 Å². The number of benzene rings is 2. The smallest absolute Gasteiger partial charge is 0.407 e. The van der Waals surface area contributed by atoms with Gasteiger partial charge in [0.05, 0.1) is 52.3 Å². The monoisotopic (exact) mass is 965 g/mol. The van der Waals surface area contributed by atoms with Crippen LogP contribution in [0.5, 0.6) is 5.75 Å². The van der Waals surface area contributed by atoms with E-state index < -0.39 is 36.3 Å². The Morgan fingerprint density at radius 2 is 1.40 bits per heavy atom. The number of likely N-dealkylation sites (tertiary alicyclic amines) is 2. The minimum absolute atomic E-state index is 0.136. The molecule has 0 bridgehead atoms. The van der Waals surface area contributed by atoms with Gasteiger partial charge in [-0.15, -0.1) is 11.3 Å². The summed E-state index contributed by atoms with van der Waals surface area (Å²) in [6.07, 6.45) is 6.47. The molecule has 358 valence electrons. The number of carbonyl (C=O) groups excluding carboxylic acids is 4. The highest BCUT2D eigenvalue weighted by Gasteiger charge is 2.41. The van der Waals surface area contributed by atoms with Gasteiger partial charge in [-0.05, 0) is 108 Å². The summed E-state index contributed by atoms with van der Waals surface area (Å²) in [4.78, 5) is 66.2. The Morgan fingerprint density at radius 3 is 1.91 bits per heavy atom. The summed E-state index contributed by atoms with van der Waals surface area (Å²) in [6, 6.07) is 11.6. The van der Waals surface area contributed by atoms with Gasteiger partial charge in [-0.1, -0.05) is 52.3 Å². The van der Waals surface area contributed by atoms with E-state index in [1.807, 2.05) is 57.0 Å². The van der Waals surface area contributed by atoms with Crippen LogP contribution in [-0.4, -0.2) is 101 Å². The van der Waals surface area contributed by atoms with Crippen molar-refractivity contribution >= 4 is 80.4 Å². The topological polar surface area (TPSA) is 156 Å². The summed E-state index contributed by atoms with van der Waals surface area (Å²) >= 11 is 7.97. The van der Waals surface area contributed by atoms with E-state index in [9.17, 15) is 19.2 Å². The lowest BCUT2D eigenvalue weighted by Gasteiger charge is -2.31. The molecule has 2 N–H and O–H groups in total. The molecule has 0 aliphatic carbocycles. The van der Waals surface area contributed by atoms with Gasteiger partial charge in [0.25, 0.3) is 0 Å². The van der Waals surface area contributed by atoms with Crippen molar-refractivity contribution in [2.24, 2.45) is 21.8 Å². The van der Waals surface area contributed by atoms with E-state index in [1.165, 1.54) is 25.6 Å². The molecule has 7 heterocycles. The van der Waals surface area contributed by atoms with Crippen LogP contribution in [-0.2, 0) is 25.5 Å². The second-order valence-electron chi connectivity index (χ2n) is 18.7. The summed E-state index contributed by atoms with van der Waals surface area (Å²) in [6.45, 7) is 10.8. The average molecular weight is 967 g/mol. The first-order valence-electron chi connectivity index (χ1n) is 23.5. The summed E-state index contributed by atoms with van der Waals surface area (Å²) in [5.41, 5.74) is 8.18. The van der Waals surface area contributed by atoms with Crippen molar-refractivity contribution in [2.75, 3.05) is 27.3 Å². The molecule has 68 heavy (non-hydrogen) atoms. The quantitative estimate of drug-likeness (QED) is 0.143. The molecule has 5 atom stereocenters. The van der Waals surface area contributed by atoms with Gasteiger partial charge in [-0.25, -0.2) is 14.0 Å². The zero-order valence-electron chi connectivity index (χ0n) is 39.4. The maximum absolute atomic E-state index is 17.1. The molecule has 5 aliphatic heterocycles. The zero-order chi connectivity index (χ0) is 48.1. The van der Waals surface area contributed by atoms with Crippen LogP contribution in [0, 0.1) is 17.7 Å². The van der Waals surface area contributed by atoms with Crippen LogP contribution in [0.1, 0.15) is 101 Å². The van der Waals surface area contributed by atoms with Crippen LogP contribution >= 0.6 is 22.9 Å². The van der Waals surface area contributed by atoms with Gasteiger partial charge < -0.3 is 34.6 Å². The second-order valence-corrected chi connectivity index (χ2v) is 20.5. The van der Waals surface area contributed by atoms with Crippen molar-refractivity contribution in [1.29, 1.82) is 0 Å². The predicted molar refractivity (Wildman–Crippen MR) is 263 cm³/mol. The molecule has 0 spiro atoms. The van der Waals surface area contributed by atoms with Crippen LogP contribution in [0.25, 0.3) is 33.3 Å². The SMILES string of the molecule is CCc1c2n(c3ccc(C4=CN=C([C@@H]5CCCN5C(=O)[C@@H](NC(=O)OC)C(C)C)C4)cc13)C(c1ccc(Cl)s1)Oc1cc(C3=CN=C([C@@H]4CCCN4C(=O)[C@@H](NC(=O)OC)C(C)C)C3)cc(F)c1-2. The molecular weight excluding hydrogens is 909 g/mol. The summed E-state index contributed by atoms with van der Waals surface area (Å²) in [5.74, 6) is -0.630. The van der Waals surface area contributed by atoms with Gasteiger partial charge in [0.15, 0.2) is 0 Å². The van der Waals surface area contributed by atoms with Crippen LogP contribution in [0.15, 0.2) is 64.8 Å². The Labute approximate surface area is 404 Å². The fourth-order valence-corrected chi connectivity index (χ4v) is 11.6. The second kappa shape index (κ2) is 19.2. The lowest BCUT2D eigenvalue weighted by molar-refractivity contribution is -0.134. The van der Waals surface area contributed by atoms with E-state index in [1.54, 1.807) is 17.2 Å². The number of halogens is 2. The fourth-order valence-electron chi connectivity index (χ4n) is 10.5. The molecular formula is C51H57ClFN7O7S. The first-order chi connectivity index (χ1) is 32.7. The highest BCUT2D eigenvalue weighted by Crippen LogP contribution is 2.51. The average Bonchev–Trinajstić information content (AvgIpc) is 4.19. The minimum atomic E-state index is -0.748. The van der Waals surface area contributed by atoms with Crippen molar-refractivity contribution < 1.29 is 37.8 Å². The van der Waals surface area contributed by atoms with Crippen molar-refractivity contribution in [3.8, 4) is 17.0 Å². The number of allylic oxidation sites excluding steroid dienone is 2. The maximum atomic E-state index is 17.1. The Bertz CT molecular complexity index is 2830. The minimum Gasteiger partial charge on any atom is -0.464 e. The number of aliphatic imine (C=N–C) groups is 2. The van der Waals surface area contributed by atoms with E-state index in [2.05, 4.69) is 40.3 Å². The first kappa shape index (κ1) is 47.1. The number of hydrogen-bond acceptors (Lipinski definition) is 10. The number of ether oxygens (including phenoxy) is 3. The fraction of sp³-hybridized carbons (Fsp3) is 0.451. The number of aryl methyl sites for hydroxylation is 1. The maximum Gasteiger partial charge on any atom is 0.407 e. The number of rotatable bonds is 12. The van der Waals surface area contributed by atoms with Crippen molar-refractivity contribution in [3.05, 3.63) is 86.6 Å². The van der Waals surface area contributed by atoms with Crippen LogP contribution in [0.2, 0.25) is 4.34 Å². The highest BCUT2D eigenvalue weighted by molar-refractivity contribution is 7.16. The van der Waals surface area contributed by atoms with Crippen LogP contribution in [0.3, 0.4) is 0 Å². The van der Waals surface area contributed by atoms with Crippen molar-refractivity contribution in [3.63, 3.8) is 0 Å². The standard InChI is InChI=1S/C51H57ClFN7O7S/c1-8-32-33-19-28(30-21-35(54-24-30)38-11-9-17-58(38)47(61)44(26(2)3)56-50(63)65-6)13-14-37(33)60-46(32)43-34(53)20-29(23-40(43)67-49(60)41-15-16-42(52)68-41)31-22-36(55-25-31)39-12-10-18-59(39)48(62)45(27(4)5)57-51(64)66-7/h13-16,19-20,23-27,38-39,44-45,49H,8-12,17-18,21-22H2,1-7H3,(H,56,63)(H,57,64)/t38-,39-,44-,45-,49?/m0/s1. The normalized spacial score (nSPS) is 20.7. The number of nitrogens with one attached hydrogen (secondary N) is 2. The van der Waals surface area contributed by atoms with Gasteiger partial charge in [-0.2, -0.15) is 0 Å². The van der Waals surface area contributed by atoms with Crippen molar-refractivity contribution in [1.82, 2.24) is 25.0 Å². The molecule has 0 saturated carbocycles. The van der Waals surface area contributed by atoms with Crippen LogP contribution in [0.4, 0.5) is 14.0 Å². The van der Waals surface area contributed by atoms with Gasteiger partial charge >= 0.3 is 12.2 Å². The molecule has 17 heteroatoms. The molecule has 2 fully saturated rings. The molecule has 9 rings (SSSR count). The Balaban J connectivity index is 0.999. The molecule has 0 radical (unpaired) electrons. The lowest BCUT2D eigenvalue weighted by atomic mass is 9.94. The Morgan fingerprint density at radius 1 is 0.824 bits per heavy atom. The molecule has 14 nitrogen and oxygen atoms in total. The van der Waals surface area contributed by atoms with Gasteiger partial charge in [0.2, 0.25) is 18.0 Å². The summed E-state index contributed by atoms with van der Waals surface area (Å²) in [5, 5.41) is 6.41. The van der Waals surface area contributed by atoms with Gasteiger partial charge in [-0.3, -0.25) is 24.1 Å². The number of hydrogen-bond donors (Lipinski definition) is 2. The molecule has 5 aliphatic rings. The Hall–Kier alpha value is -6.00. The highest BCUT2D eigenvalue weighted by atomic mass is 35.5. The predicted octanol–water partition coefficient (Wildman–Crippen LogP) is 9.78. The van der Waals surface area contributed by atoms with Gasteiger partial charge in [0.1, 0.15) is 23.7 Å². The number of fused-ring (bicyclic) bond motifs is 5. The van der Waals surface area contributed by atoms with E-state index in [-0.39, 0.29) is 35.7 Å². The number of alkyl carbamates (subject to hydrolysis) is 2.